The molecule has 0 amide bonds. The van der Waals surface area contributed by atoms with Gasteiger partial charge in [0.2, 0.25) is 0 Å². The van der Waals surface area contributed by atoms with Gasteiger partial charge in [-0.3, -0.25) is 0 Å². The highest BCUT2D eigenvalue weighted by Crippen LogP contribution is 2.33. The summed E-state index contributed by atoms with van der Waals surface area (Å²) in [6, 6.07) is 12.2. The third kappa shape index (κ3) is 3.24. The Morgan fingerprint density at radius 1 is 1.16 bits per heavy atom. The van der Waals surface area contributed by atoms with Gasteiger partial charge in [-0.2, -0.15) is 0 Å². The van der Waals surface area contributed by atoms with Crippen LogP contribution >= 0.6 is 27.5 Å². The highest BCUT2D eigenvalue weighted by atomic mass is 79.9. The maximum Gasteiger partial charge on any atom is 0.169 e. The van der Waals surface area contributed by atoms with Crippen LogP contribution in [0.5, 0.6) is 0 Å². The molecular weight excluding hydrogens is 324 g/mol. The van der Waals surface area contributed by atoms with Gasteiger partial charge in [-0.15, -0.1) is 11.6 Å². The van der Waals surface area contributed by atoms with Crippen molar-refractivity contribution in [3.8, 4) is 0 Å². The van der Waals surface area contributed by atoms with Crippen molar-refractivity contribution < 1.29 is 4.42 Å². The predicted octanol–water partition coefficient (Wildman–Crippen LogP) is 6.06. The van der Waals surface area contributed by atoms with E-state index in [1.807, 2.05) is 12.1 Å². The van der Waals surface area contributed by atoms with E-state index >= 15 is 0 Å². The van der Waals surface area contributed by atoms with Gasteiger partial charge in [0, 0.05) is 0 Å². The zero-order valence-electron chi connectivity index (χ0n) is 11.4. The van der Waals surface area contributed by atoms with Crippen LogP contribution in [-0.4, -0.2) is 0 Å². The number of halogens is 2. The lowest BCUT2D eigenvalue weighted by Gasteiger charge is -2.23. The molecule has 0 saturated carbocycles. The Balaban J connectivity index is 2.23. The van der Waals surface area contributed by atoms with Crippen molar-refractivity contribution in [3.63, 3.8) is 0 Å². The second kappa shape index (κ2) is 5.72. The normalized spacial score (nSPS) is 13.5. The molecule has 0 radical (unpaired) electrons. The number of rotatable bonds is 4. The topological polar surface area (TPSA) is 13.1 Å². The van der Waals surface area contributed by atoms with E-state index in [4.69, 9.17) is 16.0 Å². The summed E-state index contributed by atoms with van der Waals surface area (Å²) in [5.74, 6) is 0.760. The molecule has 0 saturated heterocycles. The maximum atomic E-state index is 6.43. The lowest BCUT2D eigenvalue weighted by Crippen LogP contribution is -2.15. The van der Waals surface area contributed by atoms with E-state index in [0.717, 1.165) is 17.7 Å². The molecule has 19 heavy (non-hydrogen) atoms. The molecule has 1 aromatic carbocycles. The van der Waals surface area contributed by atoms with Gasteiger partial charge in [-0.05, 0) is 51.0 Å². The van der Waals surface area contributed by atoms with Crippen molar-refractivity contribution in [2.45, 2.75) is 38.0 Å². The Morgan fingerprint density at radius 3 is 2.26 bits per heavy atom. The lowest BCUT2D eigenvalue weighted by molar-refractivity contribution is 0.493. The molecule has 2 aromatic rings. The Morgan fingerprint density at radius 2 is 1.79 bits per heavy atom. The van der Waals surface area contributed by atoms with Crippen molar-refractivity contribution in [2.24, 2.45) is 0 Å². The Labute approximate surface area is 128 Å². The zero-order chi connectivity index (χ0) is 14.0. The molecule has 1 heterocycles. The average molecular weight is 342 g/mol. The molecule has 1 aromatic heterocycles. The van der Waals surface area contributed by atoms with Crippen LogP contribution in [0.25, 0.3) is 0 Å². The van der Waals surface area contributed by atoms with E-state index in [1.165, 1.54) is 5.56 Å². The van der Waals surface area contributed by atoms with E-state index in [-0.39, 0.29) is 10.8 Å². The first-order chi connectivity index (χ1) is 8.94. The van der Waals surface area contributed by atoms with Gasteiger partial charge in [-0.25, -0.2) is 0 Å². The number of hydrogen-bond donors (Lipinski definition) is 0. The molecule has 0 fully saturated rings. The minimum atomic E-state index is -0.245. The van der Waals surface area contributed by atoms with E-state index in [2.05, 4.69) is 61.0 Å². The second-order valence-corrected chi connectivity index (χ2v) is 6.58. The standard InChI is InChI=1S/C16H18BrClO/c1-4-16(2,3)12-7-5-11(6-8-12)15(18)13-9-10-14(17)19-13/h5-10,15H,4H2,1-3H3. The van der Waals surface area contributed by atoms with Crippen LogP contribution in [0.15, 0.2) is 45.5 Å². The van der Waals surface area contributed by atoms with Crippen LogP contribution in [0.3, 0.4) is 0 Å². The number of furan rings is 1. The third-order valence-corrected chi connectivity index (χ3v) is 4.61. The van der Waals surface area contributed by atoms with Crippen molar-refractivity contribution in [1.82, 2.24) is 0 Å². The summed E-state index contributed by atoms with van der Waals surface area (Å²) in [5.41, 5.74) is 2.59. The molecular formula is C16H18BrClO. The minimum absolute atomic E-state index is 0.202. The predicted molar refractivity (Wildman–Crippen MR) is 83.9 cm³/mol. The smallest absolute Gasteiger partial charge is 0.169 e. The SMILES string of the molecule is CCC(C)(C)c1ccc(C(Cl)c2ccc(Br)o2)cc1. The second-order valence-electron chi connectivity index (χ2n) is 5.36. The molecule has 102 valence electrons. The Bertz CT molecular complexity index is 542. The summed E-state index contributed by atoms with van der Waals surface area (Å²) in [7, 11) is 0. The highest BCUT2D eigenvalue weighted by Gasteiger charge is 2.19. The summed E-state index contributed by atoms with van der Waals surface area (Å²) in [5, 5.41) is -0.245. The third-order valence-electron chi connectivity index (χ3n) is 3.71. The van der Waals surface area contributed by atoms with E-state index in [0.29, 0.717) is 4.67 Å². The fraction of sp³-hybridized carbons (Fsp3) is 0.375. The van der Waals surface area contributed by atoms with E-state index in [9.17, 15) is 0 Å². The van der Waals surface area contributed by atoms with Gasteiger partial charge in [0.05, 0.1) is 0 Å². The molecule has 1 nitrogen and oxygen atoms in total. The fourth-order valence-corrected chi connectivity index (χ4v) is 2.52. The van der Waals surface area contributed by atoms with Crippen LogP contribution < -0.4 is 0 Å². The molecule has 0 bridgehead atoms. The molecule has 0 spiro atoms. The molecule has 0 aliphatic carbocycles. The fourth-order valence-electron chi connectivity index (χ4n) is 1.94. The molecule has 2 rings (SSSR count). The molecule has 3 heteroatoms. The van der Waals surface area contributed by atoms with E-state index in [1.54, 1.807) is 0 Å². The quantitative estimate of drug-likeness (QED) is 0.616. The Hall–Kier alpha value is -0.730. The lowest BCUT2D eigenvalue weighted by atomic mass is 9.82. The van der Waals surface area contributed by atoms with Crippen molar-refractivity contribution in [2.75, 3.05) is 0 Å². The van der Waals surface area contributed by atoms with Crippen LogP contribution in [-0.2, 0) is 5.41 Å². The van der Waals surface area contributed by atoms with E-state index < -0.39 is 0 Å². The number of hydrogen-bond acceptors (Lipinski definition) is 1. The summed E-state index contributed by atoms with van der Waals surface area (Å²) in [6.45, 7) is 6.71. The molecule has 0 aliphatic heterocycles. The largest absolute Gasteiger partial charge is 0.452 e. The van der Waals surface area contributed by atoms with Gasteiger partial charge >= 0.3 is 0 Å². The molecule has 1 atom stereocenters. The first-order valence-electron chi connectivity index (χ1n) is 6.44. The average Bonchev–Trinajstić information content (AvgIpc) is 2.85. The van der Waals surface area contributed by atoms with Crippen LogP contribution in [0, 0.1) is 0 Å². The molecule has 0 N–H and O–H groups in total. The van der Waals surface area contributed by atoms with Crippen LogP contribution in [0.2, 0.25) is 0 Å². The summed E-state index contributed by atoms with van der Waals surface area (Å²) in [6.07, 6.45) is 1.11. The highest BCUT2D eigenvalue weighted by molar-refractivity contribution is 9.10. The summed E-state index contributed by atoms with van der Waals surface area (Å²) in [4.78, 5) is 0. The van der Waals surface area contributed by atoms with Gasteiger partial charge in [-0.1, -0.05) is 45.0 Å². The number of alkyl halides is 1. The first-order valence-corrected chi connectivity index (χ1v) is 7.66. The van der Waals surface area contributed by atoms with Crippen molar-refractivity contribution in [3.05, 3.63) is 58.0 Å². The summed E-state index contributed by atoms with van der Waals surface area (Å²) < 4.78 is 6.21. The summed E-state index contributed by atoms with van der Waals surface area (Å²) >= 11 is 9.73. The van der Waals surface area contributed by atoms with Gasteiger partial charge in [0.1, 0.15) is 11.1 Å². The van der Waals surface area contributed by atoms with Gasteiger partial charge < -0.3 is 4.42 Å². The Kier molecular flexibility index (Phi) is 4.42. The van der Waals surface area contributed by atoms with Gasteiger partial charge in [0.25, 0.3) is 0 Å². The zero-order valence-corrected chi connectivity index (χ0v) is 13.8. The van der Waals surface area contributed by atoms with Crippen molar-refractivity contribution in [1.29, 1.82) is 0 Å². The molecule has 1 unspecified atom stereocenters. The van der Waals surface area contributed by atoms with Crippen LogP contribution in [0.1, 0.15) is 49.5 Å². The van der Waals surface area contributed by atoms with Gasteiger partial charge in [0.15, 0.2) is 4.67 Å². The van der Waals surface area contributed by atoms with Crippen LogP contribution in [0.4, 0.5) is 0 Å². The monoisotopic (exact) mass is 340 g/mol. The minimum Gasteiger partial charge on any atom is -0.452 e. The maximum absolute atomic E-state index is 6.43. The van der Waals surface area contributed by atoms with Crippen molar-refractivity contribution >= 4 is 27.5 Å². The number of benzene rings is 1. The molecule has 0 aliphatic rings. The first kappa shape index (κ1) is 14.7.